The van der Waals surface area contributed by atoms with Crippen molar-refractivity contribution in [3.63, 3.8) is 0 Å². The molecule has 3 N–H and O–H groups in total. The van der Waals surface area contributed by atoms with Crippen molar-refractivity contribution in [3.8, 4) is 0 Å². The van der Waals surface area contributed by atoms with E-state index in [9.17, 15) is 9.59 Å². The van der Waals surface area contributed by atoms with Crippen LogP contribution in [0.25, 0.3) is 0 Å². The predicted octanol–water partition coefficient (Wildman–Crippen LogP) is 1.66. The van der Waals surface area contributed by atoms with Crippen LogP contribution in [0.3, 0.4) is 0 Å². The minimum atomic E-state index is -0.292. The van der Waals surface area contributed by atoms with Gasteiger partial charge in [-0.2, -0.15) is 0 Å². The lowest BCUT2D eigenvalue weighted by Gasteiger charge is -2.08. The Morgan fingerprint density at radius 3 is 2.45 bits per heavy atom. The van der Waals surface area contributed by atoms with Gasteiger partial charge < -0.3 is 15.8 Å². The van der Waals surface area contributed by atoms with E-state index in [0.29, 0.717) is 18.5 Å². The maximum atomic E-state index is 11.5. The van der Waals surface area contributed by atoms with Crippen molar-refractivity contribution < 1.29 is 14.3 Å². The lowest BCUT2D eigenvalue weighted by molar-refractivity contribution is -0.144. The first-order valence-corrected chi connectivity index (χ1v) is 6.77. The lowest BCUT2D eigenvalue weighted by Crippen LogP contribution is -2.31. The first-order chi connectivity index (χ1) is 9.47. The van der Waals surface area contributed by atoms with E-state index in [4.69, 9.17) is 10.5 Å². The molecule has 0 unspecified atom stereocenters. The third-order valence-corrected chi connectivity index (χ3v) is 2.64. The standard InChI is InChI=1S/C15H22N2O3/c1-11(2)17-14(18)9-10-20-15(19)8-5-12-3-6-13(16)7-4-12/h3-4,6-7,11H,5,8-10,16H2,1-2H3,(H,17,18). The number of esters is 1. The van der Waals surface area contributed by atoms with Crippen LogP contribution < -0.4 is 11.1 Å². The number of carbonyl (C=O) groups is 2. The Morgan fingerprint density at radius 2 is 1.85 bits per heavy atom. The molecule has 5 heteroatoms. The average molecular weight is 278 g/mol. The number of nitrogens with one attached hydrogen (secondary N) is 1. The Labute approximate surface area is 119 Å². The molecule has 0 heterocycles. The summed E-state index contributed by atoms with van der Waals surface area (Å²) in [6.45, 7) is 3.90. The molecule has 1 rings (SSSR count). The Hall–Kier alpha value is -2.04. The number of benzene rings is 1. The fourth-order valence-electron chi connectivity index (χ4n) is 1.65. The monoisotopic (exact) mass is 278 g/mol. The van der Waals surface area contributed by atoms with Gasteiger partial charge in [0.05, 0.1) is 6.42 Å². The van der Waals surface area contributed by atoms with E-state index in [1.54, 1.807) is 12.1 Å². The second kappa shape index (κ2) is 8.19. The molecule has 0 aliphatic carbocycles. The quantitative estimate of drug-likeness (QED) is 0.587. The van der Waals surface area contributed by atoms with Crippen LogP contribution in [-0.4, -0.2) is 24.5 Å². The largest absolute Gasteiger partial charge is 0.465 e. The van der Waals surface area contributed by atoms with Gasteiger partial charge in [-0.05, 0) is 38.0 Å². The van der Waals surface area contributed by atoms with Gasteiger partial charge in [0.15, 0.2) is 0 Å². The van der Waals surface area contributed by atoms with Crippen molar-refractivity contribution in [2.45, 2.75) is 39.2 Å². The van der Waals surface area contributed by atoms with E-state index in [-0.39, 0.29) is 30.9 Å². The molecule has 0 radical (unpaired) electrons. The van der Waals surface area contributed by atoms with Crippen molar-refractivity contribution in [1.29, 1.82) is 0 Å². The van der Waals surface area contributed by atoms with E-state index in [2.05, 4.69) is 5.32 Å². The van der Waals surface area contributed by atoms with Gasteiger partial charge in [-0.1, -0.05) is 12.1 Å². The molecule has 0 saturated carbocycles. The zero-order valence-electron chi connectivity index (χ0n) is 12.0. The minimum absolute atomic E-state index is 0.101. The summed E-state index contributed by atoms with van der Waals surface area (Å²) in [5, 5.41) is 2.74. The summed E-state index contributed by atoms with van der Waals surface area (Å²) in [5.74, 6) is -0.398. The average Bonchev–Trinajstić information content (AvgIpc) is 2.37. The number of anilines is 1. The van der Waals surface area contributed by atoms with Gasteiger partial charge in [-0.15, -0.1) is 0 Å². The Balaban J connectivity index is 2.17. The second-order valence-electron chi connectivity index (χ2n) is 4.93. The number of nitrogen functional groups attached to an aromatic ring is 1. The molecule has 0 aliphatic rings. The third-order valence-electron chi connectivity index (χ3n) is 2.64. The molecule has 1 amide bonds. The molecule has 0 aromatic heterocycles. The molecule has 0 bridgehead atoms. The van der Waals surface area contributed by atoms with E-state index < -0.39 is 0 Å². The highest BCUT2D eigenvalue weighted by atomic mass is 16.5. The summed E-state index contributed by atoms with van der Waals surface area (Å²) in [6.07, 6.45) is 1.11. The van der Waals surface area contributed by atoms with Crippen LogP contribution in [0.5, 0.6) is 0 Å². The van der Waals surface area contributed by atoms with E-state index >= 15 is 0 Å². The number of hydrogen-bond acceptors (Lipinski definition) is 4. The van der Waals surface area contributed by atoms with E-state index in [1.165, 1.54) is 0 Å². The van der Waals surface area contributed by atoms with E-state index in [1.807, 2.05) is 26.0 Å². The normalized spacial score (nSPS) is 10.3. The van der Waals surface area contributed by atoms with Crippen LogP contribution in [0.1, 0.15) is 32.3 Å². The molecule has 1 aromatic rings. The van der Waals surface area contributed by atoms with Gasteiger partial charge >= 0.3 is 5.97 Å². The molecular weight excluding hydrogens is 256 g/mol. The van der Waals surface area contributed by atoms with Crippen LogP contribution in [0.15, 0.2) is 24.3 Å². The highest BCUT2D eigenvalue weighted by Gasteiger charge is 2.07. The molecule has 5 nitrogen and oxygen atoms in total. The molecule has 0 spiro atoms. The number of rotatable bonds is 7. The summed E-state index contributed by atoms with van der Waals surface area (Å²) in [4.78, 5) is 22.8. The third kappa shape index (κ3) is 6.78. The van der Waals surface area contributed by atoms with Crippen LogP contribution in [0.4, 0.5) is 5.69 Å². The van der Waals surface area contributed by atoms with Gasteiger partial charge in [-0.25, -0.2) is 0 Å². The zero-order chi connectivity index (χ0) is 15.0. The van der Waals surface area contributed by atoms with Gasteiger partial charge in [0.2, 0.25) is 5.91 Å². The summed E-state index contributed by atoms with van der Waals surface area (Å²) >= 11 is 0. The summed E-state index contributed by atoms with van der Waals surface area (Å²) in [7, 11) is 0. The maximum absolute atomic E-state index is 11.5. The molecular formula is C15H22N2O3. The number of ether oxygens (including phenoxy) is 1. The SMILES string of the molecule is CC(C)NC(=O)CCOC(=O)CCc1ccc(N)cc1. The Kier molecular flexibility index (Phi) is 6.56. The Morgan fingerprint density at radius 1 is 1.20 bits per heavy atom. The van der Waals surface area contributed by atoms with Gasteiger partial charge in [0.25, 0.3) is 0 Å². The molecule has 0 saturated heterocycles. The minimum Gasteiger partial charge on any atom is -0.465 e. The van der Waals surface area contributed by atoms with Crippen molar-refractivity contribution in [3.05, 3.63) is 29.8 Å². The van der Waals surface area contributed by atoms with Gasteiger partial charge in [0, 0.05) is 18.2 Å². The zero-order valence-corrected chi connectivity index (χ0v) is 12.0. The van der Waals surface area contributed by atoms with Crippen LogP contribution in [0.2, 0.25) is 0 Å². The van der Waals surface area contributed by atoms with Crippen molar-refractivity contribution in [2.75, 3.05) is 12.3 Å². The van der Waals surface area contributed by atoms with Crippen LogP contribution in [-0.2, 0) is 20.7 Å². The fraction of sp³-hybridized carbons (Fsp3) is 0.467. The number of nitrogens with two attached hydrogens (primary N) is 1. The fourth-order valence-corrected chi connectivity index (χ4v) is 1.65. The summed E-state index contributed by atoms with van der Waals surface area (Å²) in [6, 6.07) is 7.48. The molecule has 0 aliphatic heterocycles. The number of carbonyl (C=O) groups excluding carboxylic acids is 2. The number of aryl methyl sites for hydroxylation is 1. The first kappa shape index (κ1) is 16.0. The highest BCUT2D eigenvalue weighted by molar-refractivity contribution is 5.76. The number of hydrogen-bond donors (Lipinski definition) is 2. The summed E-state index contributed by atoms with van der Waals surface area (Å²) < 4.78 is 5.02. The van der Waals surface area contributed by atoms with Crippen LogP contribution in [0, 0.1) is 0 Å². The predicted molar refractivity (Wildman–Crippen MR) is 78.0 cm³/mol. The highest BCUT2D eigenvalue weighted by Crippen LogP contribution is 2.08. The molecule has 110 valence electrons. The van der Waals surface area contributed by atoms with Crippen molar-refractivity contribution in [1.82, 2.24) is 5.32 Å². The van der Waals surface area contributed by atoms with E-state index in [0.717, 1.165) is 5.56 Å². The second-order valence-corrected chi connectivity index (χ2v) is 4.93. The molecule has 20 heavy (non-hydrogen) atoms. The Bertz CT molecular complexity index is 441. The maximum Gasteiger partial charge on any atom is 0.306 e. The van der Waals surface area contributed by atoms with Crippen molar-refractivity contribution >= 4 is 17.6 Å². The first-order valence-electron chi connectivity index (χ1n) is 6.77. The molecule has 0 atom stereocenters. The number of amides is 1. The smallest absolute Gasteiger partial charge is 0.306 e. The molecule has 0 fully saturated rings. The van der Waals surface area contributed by atoms with Gasteiger partial charge in [0.1, 0.15) is 6.61 Å². The molecule has 1 aromatic carbocycles. The van der Waals surface area contributed by atoms with Crippen molar-refractivity contribution in [2.24, 2.45) is 0 Å². The van der Waals surface area contributed by atoms with Crippen LogP contribution >= 0.6 is 0 Å². The summed E-state index contributed by atoms with van der Waals surface area (Å²) in [5.41, 5.74) is 7.32. The van der Waals surface area contributed by atoms with Gasteiger partial charge in [-0.3, -0.25) is 9.59 Å². The lowest BCUT2D eigenvalue weighted by atomic mass is 10.1. The topological polar surface area (TPSA) is 81.4 Å².